The van der Waals surface area contributed by atoms with Gasteiger partial charge < -0.3 is 9.80 Å². The number of aliphatic imine (C=N–C) groups is 2. The molecule has 4 heteroatoms. The van der Waals surface area contributed by atoms with Crippen molar-refractivity contribution in [1.29, 1.82) is 0 Å². The van der Waals surface area contributed by atoms with Gasteiger partial charge in [-0.2, -0.15) is 0 Å². The van der Waals surface area contributed by atoms with Crippen molar-refractivity contribution in [2.45, 2.75) is 64.5 Å². The maximum atomic E-state index is 5.11. The van der Waals surface area contributed by atoms with Crippen LogP contribution in [0.5, 0.6) is 0 Å². The van der Waals surface area contributed by atoms with Gasteiger partial charge in [-0.25, -0.2) is 0 Å². The van der Waals surface area contributed by atoms with Crippen molar-refractivity contribution < 1.29 is 0 Å². The molecule has 0 unspecified atom stereocenters. The van der Waals surface area contributed by atoms with Crippen molar-refractivity contribution in [2.24, 2.45) is 9.98 Å². The van der Waals surface area contributed by atoms with Gasteiger partial charge in [0.05, 0.1) is 35.9 Å². The van der Waals surface area contributed by atoms with Crippen LogP contribution in [0.3, 0.4) is 0 Å². The molecule has 4 aromatic rings. The van der Waals surface area contributed by atoms with E-state index in [0.29, 0.717) is 13.1 Å². The minimum Gasteiger partial charge on any atom is -0.347 e. The molecule has 232 valence electrons. The molecule has 0 spiro atoms. The highest BCUT2D eigenvalue weighted by Gasteiger charge is 2.18. The first-order valence-corrected chi connectivity index (χ1v) is 17.2. The number of anilines is 2. The van der Waals surface area contributed by atoms with Crippen LogP contribution in [0.25, 0.3) is 11.1 Å². The Hall–Kier alpha value is -4.70. The predicted molar refractivity (Wildman–Crippen MR) is 195 cm³/mol. The van der Waals surface area contributed by atoms with Gasteiger partial charge in [-0.15, -0.1) is 0 Å². The van der Waals surface area contributed by atoms with Gasteiger partial charge in [0, 0.05) is 36.6 Å². The van der Waals surface area contributed by atoms with Gasteiger partial charge in [0.15, 0.2) is 0 Å². The zero-order valence-corrected chi connectivity index (χ0v) is 26.8. The fourth-order valence-electron chi connectivity index (χ4n) is 6.88. The summed E-state index contributed by atoms with van der Waals surface area (Å²) in [5, 5.41) is 0. The third-order valence-electron chi connectivity index (χ3n) is 9.40. The molecule has 0 fully saturated rings. The molecule has 0 radical (unpaired) electrons. The topological polar surface area (TPSA) is 31.2 Å². The van der Waals surface area contributed by atoms with Crippen molar-refractivity contribution in [1.82, 2.24) is 0 Å². The Kier molecular flexibility index (Phi) is 9.51. The second-order valence-corrected chi connectivity index (χ2v) is 12.7. The molecule has 0 amide bonds. The molecule has 4 aromatic carbocycles. The SMILES string of the molecule is C1=CN2CCCCCCCCCCN3C=CC(=NCc4cccc(c4)-c4cccc(c4)CN=C1c1ccccc12)c1ccccc13. The van der Waals surface area contributed by atoms with Gasteiger partial charge in [-0.3, -0.25) is 9.98 Å². The second-order valence-electron chi connectivity index (χ2n) is 12.7. The number of para-hydroxylation sites is 2. The van der Waals surface area contributed by atoms with Crippen LogP contribution in [0, 0.1) is 0 Å². The van der Waals surface area contributed by atoms with Gasteiger partial charge in [0.2, 0.25) is 0 Å². The summed E-state index contributed by atoms with van der Waals surface area (Å²) in [6.45, 7) is 3.41. The van der Waals surface area contributed by atoms with Crippen LogP contribution in [-0.4, -0.2) is 24.5 Å². The van der Waals surface area contributed by atoms with E-state index in [-0.39, 0.29) is 0 Å². The molecule has 0 aliphatic carbocycles. The lowest BCUT2D eigenvalue weighted by atomic mass is 10.00. The van der Waals surface area contributed by atoms with Crippen LogP contribution in [0.1, 0.15) is 73.6 Å². The molecule has 0 N–H and O–H groups in total. The third kappa shape index (κ3) is 7.07. The third-order valence-corrected chi connectivity index (χ3v) is 9.40. The Morgan fingerprint density at radius 3 is 1.35 bits per heavy atom. The van der Waals surface area contributed by atoms with E-state index in [9.17, 15) is 0 Å². The Morgan fingerprint density at radius 1 is 0.435 bits per heavy atom. The van der Waals surface area contributed by atoms with Gasteiger partial charge in [0.1, 0.15) is 0 Å². The van der Waals surface area contributed by atoms with Gasteiger partial charge in [-0.05, 0) is 71.5 Å². The summed E-state index contributed by atoms with van der Waals surface area (Å²) < 4.78 is 0. The monoisotopic (exact) mass is 604 g/mol. The molecule has 8 bridgehead atoms. The van der Waals surface area contributed by atoms with Crippen molar-refractivity contribution in [3.05, 3.63) is 144 Å². The van der Waals surface area contributed by atoms with Gasteiger partial charge >= 0.3 is 0 Å². The minimum atomic E-state index is 0.651. The molecule has 0 saturated carbocycles. The average molecular weight is 605 g/mol. The number of rotatable bonds is 0. The summed E-state index contributed by atoms with van der Waals surface area (Å²) in [6, 6.07) is 35.1. The van der Waals surface area contributed by atoms with E-state index in [1.807, 2.05) is 0 Å². The summed E-state index contributed by atoms with van der Waals surface area (Å²) in [7, 11) is 0. The highest BCUT2D eigenvalue weighted by atomic mass is 15.1. The normalized spacial score (nSPS) is 17.4. The van der Waals surface area contributed by atoms with E-state index in [1.165, 1.54) is 96.1 Å². The van der Waals surface area contributed by atoms with Gasteiger partial charge in [0.25, 0.3) is 0 Å². The van der Waals surface area contributed by atoms with Crippen LogP contribution < -0.4 is 9.80 Å². The fourth-order valence-corrected chi connectivity index (χ4v) is 6.88. The lowest BCUT2D eigenvalue weighted by molar-refractivity contribution is 0.569. The van der Waals surface area contributed by atoms with Crippen molar-refractivity contribution in [3.63, 3.8) is 0 Å². The van der Waals surface area contributed by atoms with Crippen LogP contribution in [0.2, 0.25) is 0 Å². The van der Waals surface area contributed by atoms with E-state index in [0.717, 1.165) is 24.5 Å². The first-order valence-electron chi connectivity index (χ1n) is 17.2. The number of nitrogens with zero attached hydrogens (tertiary/aromatic N) is 4. The number of benzene rings is 4. The predicted octanol–water partition coefficient (Wildman–Crippen LogP) is 10.1. The lowest BCUT2D eigenvalue weighted by Gasteiger charge is -2.27. The molecule has 4 heterocycles. The largest absolute Gasteiger partial charge is 0.347 e. The standard InChI is InChI=1S/C42H44N4/c1-2-4-6-12-26-46-28-24-40(38-20-8-10-22-42(38)46)44-32-34-16-14-18-36(30-34)35-17-13-15-33(29-35)31-43-39-23-27-45(25-11-5-3-1)41-21-9-7-19-37(39)41/h7-10,13-24,27-30H,1-6,11-12,25-26,31-32H2. The van der Waals surface area contributed by atoms with E-state index >= 15 is 0 Å². The minimum absolute atomic E-state index is 0.651. The highest BCUT2D eigenvalue weighted by molar-refractivity contribution is 6.14. The van der Waals surface area contributed by atoms with Crippen molar-refractivity contribution in [2.75, 3.05) is 22.9 Å². The number of fused-ring (bicyclic) bond motifs is 12. The molecule has 4 aliphatic heterocycles. The zero-order chi connectivity index (χ0) is 31.0. The molecule has 4 aliphatic rings. The summed E-state index contributed by atoms with van der Waals surface area (Å²) in [5.74, 6) is 0. The van der Waals surface area contributed by atoms with E-state index in [4.69, 9.17) is 9.98 Å². The highest BCUT2D eigenvalue weighted by Crippen LogP contribution is 2.29. The number of hydrogen-bond acceptors (Lipinski definition) is 4. The maximum Gasteiger partial charge on any atom is 0.0686 e. The fraction of sp³-hybridized carbons (Fsp3) is 0.286. The van der Waals surface area contributed by atoms with E-state index < -0.39 is 0 Å². The molecule has 0 aromatic heterocycles. The molecule has 8 rings (SSSR count). The quantitative estimate of drug-likeness (QED) is 0.200. The zero-order valence-electron chi connectivity index (χ0n) is 26.8. The second kappa shape index (κ2) is 14.6. The average Bonchev–Trinajstić information content (AvgIpc) is 3.11. The van der Waals surface area contributed by atoms with Crippen LogP contribution in [-0.2, 0) is 13.1 Å². The Bertz CT molecular complexity index is 1650. The summed E-state index contributed by atoms with van der Waals surface area (Å²) in [4.78, 5) is 15.0. The summed E-state index contributed by atoms with van der Waals surface area (Å²) in [6.07, 6.45) is 19.2. The molecule has 0 atom stereocenters. The molecule has 4 nitrogen and oxygen atoms in total. The Labute approximate surface area is 274 Å². The molecule has 46 heavy (non-hydrogen) atoms. The van der Waals surface area contributed by atoms with Gasteiger partial charge in [-0.1, -0.05) is 111 Å². The summed E-state index contributed by atoms with van der Waals surface area (Å²) >= 11 is 0. The maximum absolute atomic E-state index is 5.11. The Balaban J connectivity index is 1.15. The first kappa shape index (κ1) is 30.0. The Morgan fingerprint density at radius 2 is 0.870 bits per heavy atom. The number of hydrogen-bond donors (Lipinski definition) is 0. The molecule has 0 saturated heterocycles. The lowest BCUT2D eigenvalue weighted by Crippen LogP contribution is -2.24. The number of allylic oxidation sites excluding steroid dienone is 2. The van der Waals surface area contributed by atoms with Crippen LogP contribution in [0.4, 0.5) is 11.4 Å². The van der Waals surface area contributed by atoms with E-state index in [2.05, 4.69) is 131 Å². The smallest absolute Gasteiger partial charge is 0.0686 e. The summed E-state index contributed by atoms with van der Waals surface area (Å²) in [5.41, 5.74) is 12.0. The first-order chi connectivity index (χ1) is 22.8. The van der Waals surface area contributed by atoms with Crippen molar-refractivity contribution >= 4 is 22.8 Å². The van der Waals surface area contributed by atoms with Crippen LogP contribution in [0.15, 0.2) is 132 Å². The van der Waals surface area contributed by atoms with Crippen LogP contribution >= 0.6 is 0 Å². The molecular weight excluding hydrogens is 560 g/mol. The van der Waals surface area contributed by atoms with Crippen molar-refractivity contribution in [3.8, 4) is 11.1 Å². The van der Waals surface area contributed by atoms with E-state index in [1.54, 1.807) is 0 Å². The molecular formula is C42H44N4.